The molecule has 9 heteroatoms. The van der Waals surface area contributed by atoms with E-state index >= 15 is 4.39 Å². The number of aromatic nitrogens is 3. The van der Waals surface area contributed by atoms with Crippen LogP contribution in [0.5, 0.6) is 0 Å². The van der Waals surface area contributed by atoms with Crippen LogP contribution in [-0.4, -0.2) is 51.0 Å². The third kappa shape index (κ3) is 5.00. The molecule has 1 amide bonds. The normalized spacial score (nSPS) is 15.9. The molecule has 1 aliphatic rings. The van der Waals surface area contributed by atoms with Gasteiger partial charge in [0, 0.05) is 53.4 Å². The number of aryl methyl sites for hydroxylation is 1. The van der Waals surface area contributed by atoms with Crippen LogP contribution in [-0.2, 0) is 4.79 Å². The first kappa shape index (κ1) is 26.6. The summed E-state index contributed by atoms with van der Waals surface area (Å²) in [6, 6.07) is 9.41. The molecule has 0 aliphatic carbocycles. The second kappa shape index (κ2) is 11.5. The van der Waals surface area contributed by atoms with Crippen molar-refractivity contribution in [1.29, 1.82) is 0 Å². The van der Waals surface area contributed by atoms with Crippen LogP contribution in [0.1, 0.15) is 46.3 Å². The highest BCUT2D eigenvalue weighted by molar-refractivity contribution is 6.34. The lowest BCUT2D eigenvalue weighted by atomic mass is 9.97. The number of nitrogens with zero attached hydrogens (tertiary/aromatic N) is 5. The topological polar surface area (TPSA) is 71.3 Å². The van der Waals surface area contributed by atoms with E-state index in [9.17, 15) is 9.59 Å². The van der Waals surface area contributed by atoms with Crippen LogP contribution in [0.4, 0.5) is 10.2 Å². The first-order valence-corrected chi connectivity index (χ1v) is 14.1. The summed E-state index contributed by atoms with van der Waals surface area (Å²) < 4.78 is 32.4. The van der Waals surface area contributed by atoms with Crippen molar-refractivity contribution in [3.8, 4) is 16.8 Å². The predicted molar refractivity (Wildman–Crippen MR) is 168 cm³/mol. The fourth-order valence-electron chi connectivity index (χ4n) is 5.69. The standard InChI is InChI=1S/C33H33ClFN5O2/c1-7-22-10-9-11-26(35)29(22)23-17-27-24(16-25(23)34)32(39-15-14-38(18-21(39)6)28(41)8-2)37-33(42)40(27)31-20(5)12-13-36-30(31)19(3)4/h7-13,16-17,19,21H,1-2,14-15,18H2,3-6H3/t21-/m0/s1/i1D2. The van der Waals surface area contributed by atoms with Gasteiger partial charge in [0.05, 0.1) is 19.6 Å². The number of carbonyl (C=O) groups is 1. The van der Waals surface area contributed by atoms with Crippen molar-refractivity contribution < 1.29 is 11.9 Å². The Morgan fingerprint density at radius 3 is 2.74 bits per heavy atom. The third-order valence-electron chi connectivity index (χ3n) is 7.74. The van der Waals surface area contributed by atoms with Crippen molar-refractivity contribution in [2.75, 3.05) is 24.5 Å². The zero-order valence-electron chi connectivity index (χ0n) is 26.0. The van der Waals surface area contributed by atoms with Gasteiger partial charge in [-0.05, 0) is 61.2 Å². The number of rotatable bonds is 6. The molecular weight excluding hydrogens is 553 g/mol. The van der Waals surface area contributed by atoms with Crippen molar-refractivity contribution in [1.82, 2.24) is 19.4 Å². The van der Waals surface area contributed by atoms with E-state index in [4.69, 9.17) is 14.3 Å². The molecule has 7 nitrogen and oxygen atoms in total. The molecular formula is C33H33ClFN5O2. The maximum Gasteiger partial charge on any atom is 0.354 e. The van der Waals surface area contributed by atoms with Gasteiger partial charge in [-0.2, -0.15) is 4.98 Å². The second-order valence-corrected chi connectivity index (χ2v) is 11.2. The van der Waals surface area contributed by atoms with Gasteiger partial charge in [-0.1, -0.05) is 56.8 Å². The molecule has 1 fully saturated rings. The van der Waals surface area contributed by atoms with Crippen molar-refractivity contribution in [3.05, 3.63) is 99.9 Å². The van der Waals surface area contributed by atoms with Gasteiger partial charge in [-0.25, -0.2) is 9.18 Å². The van der Waals surface area contributed by atoms with Crippen LogP contribution in [0.25, 0.3) is 33.8 Å². The molecule has 5 rings (SSSR count). The summed E-state index contributed by atoms with van der Waals surface area (Å²) in [6.45, 7) is 12.2. The Balaban J connectivity index is 1.86. The molecule has 0 unspecified atom stereocenters. The zero-order chi connectivity index (χ0) is 31.9. The van der Waals surface area contributed by atoms with E-state index in [0.29, 0.717) is 58.9 Å². The van der Waals surface area contributed by atoms with E-state index in [1.54, 1.807) is 29.3 Å². The molecule has 0 saturated carbocycles. The van der Waals surface area contributed by atoms with E-state index in [1.165, 1.54) is 28.9 Å². The first-order chi connectivity index (χ1) is 20.9. The SMILES string of the molecule is [2H]C([2H])=Cc1cccc(F)c1-c1cc2c(cc1Cl)c(N1CCN(C(=O)C=C)C[C@@H]1C)nc(=O)n2-c1c(C)ccnc1C(C)C. The van der Waals surface area contributed by atoms with E-state index in [1.807, 2.05) is 38.7 Å². The summed E-state index contributed by atoms with van der Waals surface area (Å²) in [6.07, 6.45) is 4.24. The Labute approximate surface area is 252 Å². The maximum absolute atomic E-state index is 15.5. The number of hydrogen-bond donors (Lipinski definition) is 0. The van der Waals surface area contributed by atoms with Gasteiger partial charge in [-0.3, -0.25) is 14.3 Å². The van der Waals surface area contributed by atoms with Crippen molar-refractivity contribution in [2.24, 2.45) is 0 Å². The monoisotopic (exact) mass is 587 g/mol. The van der Waals surface area contributed by atoms with Gasteiger partial charge in [0.1, 0.15) is 11.6 Å². The van der Waals surface area contributed by atoms with Gasteiger partial charge in [0.15, 0.2) is 0 Å². The number of halogens is 2. The van der Waals surface area contributed by atoms with Crippen molar-refractivity contribution >= 4 is 40.3 Å². The highest BCUT2D eigenvalue weighted by Crippen LogP contribution is 2.39. The quantitative estimate of drug-likeness (QED) is 0.240. The Morgan fingerprint density at radius 1 is 1.26 bits per heavy atom. The number of amides is 1. The van der Waals surface area contributed by atoms with Gasteiger partial charge in [0.2, 0.25) is 5.91 Å². The largest absolute Gasteiger partial charge is 0.354 e. The molecule has 4 aromatic rings. The van der Waals surface area contributed by atoms with Gasteiger partial charge >= 0.3 is 5.69 Å². The third-order valence-corrected chi connectivity index (χ3v) is 8.05. The minimum absolute atomic E-state index is 0.0235. The summed E-state index contributed by atoms with van der Waals surface area (Å²) in [7, 11) is 0. The second-order valence-electron chi connectivity index (χ2n) is 10.8. The van der Waals surface area contributed by atoms with Crippen LogP contribution >= 0.6 is 11.6 Å². The number of anilines is 1. The summed E-state index contributed by atoms with van der Waals surface area (Å²) >= 11 is 6.91. The number of benzene rings is 2. The number of fused-ring (bicyclic) bond motifs is 1. The molecule has 1 atom stereocenters. The summed E-state index contributed by atoms with van der Waals surface area (Å²) in [5.74, 6) is -0.358. The zero-order valence-corrected chi connectivity index (χ0v) is 24.7. The molecule has 3 heterocycles. The smallest absolute Gasteiger partial charge is 0.350 e. The Bertz CT molecular complexity index is 1890. The Hall–Kier alpha value is -4.30. The van der Waals surface area contributed by atoms with Crippen LogP contribution < -0.4 is 10.6 Å². The molecule has 2 aromatic carbocycles. The van der Waals surface area contributed by atoms with E-state index < -0.39 is 18.0 Å². The summed E-state index contributed by atoms with van der Waals surface area (Å²) in [4.78, 5) is 39.3. The molecule has 2 aromatic heterocycles. The summed E-state index contributed by atoms with van der Waals surface area (Å²) in [5, 5.41) is 0.781. The van der Waals surface area contributed by atoms with E-state index in [0.717, 1.165) is 5.56 Å². The molecule has 0 N–H and O–H groups in total. The van der Waals surface area contributed by atoms with Crippen LogP contribution in [0.15, 0.2) is 66.6 Å². The number of carbonyl (C=O) groups excluding carboxylic acids is 1. The average molecular weight is 588 g/mol. The molecule has 1 aliphatic heterocycles. The fourth-order valence-corrected chi connectivity index (χ4v) is 5.95. The van der Waals surface area contributed by atoms with Crippen LogP contribution in [0.2, 0.25) is 5.02 Å². The molecule has 1 saturated heterocycles. The van der Waals surface area contributed by atoms with Gasteiger partial charge in [0.25, 0.3) is 0 Å². The lowest BCUT2D eigenvalue weighted by molar-refractivity contribution is -0.126. The van der Waals surface area contributed by atoms with Crippen molar-refractivity contribution in [3.63, 3.8) is 0 Å². The predicted octanol–water partition coefficient (Wildman–Crippen LogP) is 6.54. The minimum Gasteiger partial charge on any atom is -0.350 e. The Morgan fingerprint density at radius 2 is 2.05 bits per heavy atom. The molecule has 0 spiro atoms. The summed E-state index contributed by atoms with van der Waals surface area (Å²) in [5.41, 5.74) is 2.74. The van der Waals surface area contributed by atoms with Crippen LogP contribution in [0, 0.1) is 12.7 Å². The fraction of sp³-hybridized carbons (Fsp3) is 0.273. The molecule has 42 heavy (non-hydrogen) atoms. The van der Waals surface area contributed by atoms with E-state index in [-0.39, 0.29) is 28.5 Å². The Kier molecular flexibility index (Phi) is 7.30. The highest BCUT2D eigenvalue weighted by atomic mass is 35.5. The first-order valence-electron chi connectivity index (χ1n) is 14.8. The highest BCUT2D eigenvalue weighted by Gasteiger charge is 2.30. The number of piperazine rings is 1. The lowest BCUT2D eigenvalue weighted by Crippen LogP contribution is -2.54. The lowest BCUT2D eigenvalue weighted by Gasteiger charge is -2.40. The molecule has 0 radical (unpaired) electrons. The van der Waals surface area contributed by atoms with Crippen LogP contribution in [0.3, 0.4) is 0 Å². The number of pyridine rings is 1. The van der Waals surface area contributed by atoms with Gasteiger partial charge in [-0.15, -0.1) is 0 Å². The minimum atomic E-state index is -0.582. The molecule has 216 valence electrons. The van der Waals surface area contributed by atoms with E-state index in [2.05, 4.69) is 16.5 Å². The van der Waals surface area contributed by atoms with Crippen molar-refractivity contribution in [2.45, 2.75) is 39.7 Å². The molecule has 0 bridgehead atoms. The van der Waals surface area contributed by atoms with Gasteiger partial charge < -0.3 is 9.80 Å². The number of hydrogen-bond acceptors (Lipinski definition) is 5. The average Bonchev–Trinajstić information content (AvgIpc) is 2.97. The maximum atomic E-state index is 15.5.